The Morgan fingerprint density at radius 1 is 1.27 bits per heavy atom. The Morgan fingerprint density at radius 2 is 1.92 bits per heavy atom. The summed E-state index contributed by atoms with van der Waals surface area (Å²) in [5.74, 6) is 1.47. The van der Waals surface area contributed by atoms with Gasteiger partial charge in [0, 0.05) is 13.1 Å². The lowest BCUT2D eigenvalue weighted by Gasteiger charge is -2.25. The molecule has 2 heterocycles. The van der Waals surface area contributed by atoms with Gasteiger partial charge in [-0.15, -0.1) is 12.4 Å². The maximum atomic E-state index is 12.8. The highest BCUT2D eigenvalue weighted by molar-refractivity contribution is 5.85. The second-order valence-corrected chi connectivity index (χ2v) is 7.32. The van der Waals surface area contributed by atoms with Crippen LogP contribution in [-0.4, -0.2) is 43.0 Å². The first-order valence-corrected chi connectivity index (χ1v) is 9.14. The lowest BCUT2D eigenvalue weighted by Crippen LogP contribution is -2.39. The van der Waals surface area contributed by atoms with Crippen LogP contribution in [0.4, 0.5) is 4.79 Å². The fourth-order valence-corrected chi connectivity index (χ4v) is 4.08. The second-order valence-electron chi connectivity index (χ2n) is 7.32. The van der Waals surface area contributed by atoms with E-state index in [0.717, 1.165) is 50.1 Å². The van der Waals surface area contributed by atoms with Gasteiger partial charge in [-0.1, -0.05) is 29.8 Å². The molecule has 2 aliphatic heterocycles. The normalized spacial score (nSPS) is 23.3. The Hall–Kier alpha value is -1.79. The molecular formula is C19H29ClN4O2. The predicted molar refractivity (Wildman–Crippen MR) is 104 cm³/mol. The number of nitrogens with zero attached hydrogens (tertiary/aromatic N) is 1. The Bertz CT molecular complexity index is 626. The Kier molecular flexibility index (Phi) is 7.29. The molecule has 6 nitrogen and oxygen atoms in total. The number of rotatable bonds is 4. The van der Waals surface area contributed by atoms with E-state index in [1.807, 2.05) is 36.1 Å². The topological polar surface area (TPSA) is 87.5 Å². The van der Waals surface area contributed by atoms with Gasteiger partial charge in [-0.25, -0.2) is 4.79 Å². The average Bonchev–Trinajstić information content (AvgIpc) is 2.92. The molecule has 2 aliphatic rings. The third kappa shape index (κ3) is 5.11. The van der Waals surface area contributed by atoms with Crippen molar-refractivity contribution in [2.75, 3.05) is 26.2 Å². The van der Waals surface area contributed by atoms with Crippen molar-refractivity contribution in [3.05, 3.63) is 35.4 Å². The minimum Gasteiger partial charge on any atom is -0.352 e. The van der Waals surface area contributed by atoms with Crippen LogP contribution in [0.5, 0.6) is 0 Å². The van der Waals surface area contributed by atoms with Crippen molar-refractivity contribution in [3.63, 3.8) is 0 Å². The van der Waals surface area contributed by atoms with Crippen LogP contribution in [0, 0.1) is 18.8 Å². The van der Waals surface area contributed by atoms with E-state index in [1.165, 1.54) is 0 Å². The molecule has 0 saturated carbocycles. The summed E-state index contributed by atoms with van der Waals surface area (Å²) in [5.41, 5.74) is 7.34. The smallest absolute Gasteiger partial charge is 0.312 e. The first-order valence-electron chi connectivity index (χ1n) is 9.14. The van der Waals surface area contributed by atoms with Crippen LogP contribution in [0.25, 0.3) is 0 Å². The van der Waals surface area contributed by atoms with Crippen molar-refractivity contribution >= 4 is 24.3 Å². The number of amides is 3. The molecule has 2 fully saturated rings. The van der Waals surface area contributed by atoms with Gasteiger partial charge in [0.1, 0.15) is 0 Å². The van der Waals surface area contributed by atoms with Crippen LogP contribution in [0.3, 0.4) is 0 Å². The molecule has 0 radical (unpaired) electrons. The number of benzene rings is 1. The number of carbonyl (C=O) groups is 2. The first kappa shape index (κ1) is 20.5. The number of primary amides is 1. The molecule has 3 rings (SSSR count). The number of nitrogens with two attached hydrogens (primary N) is 1. The summed E-state index contributed by atoms with van der Waals surface area (Å²) >= 11 is 0. The Labute approximate surface area is 161 Å². The molecule has 3 atom stereocenters. The monoisotopic (exact) mass is 380 g/mol. The van der Waals surface area contributed by atoms with Crippen molar-refractivity contribution in [3.8, 4) is 0 Å². The number of nitrogens with one attached hydrogen (secondary N) is 2. The van der Waals surface area contributed by atoms with Gasteiger partial charge in [-0.2, -0.15) is 0 Å². The minimum atomic E-state index is -0.601. The zero-order valence-corrected chi connectivity index (χ0v) is 16.1. The van der Waals surface area contributed by atoms with Crippen LogP contribution in [-0.2, 0) is 4.79 Å². The molecule has 7 heteroatoms. The summed E-state index contributed by atoms with van der Waals surface area (Å²) in [4.78, 5) is 26.2. The summed E-state index contributed by atoms with van der Waals surface area (Å²) in [6.07, 6.45) is 2.36. The van der Waals surface area contributed by atoms with Crippen LogP contribution in [0.15, 0.2) is 24.3 Å². The Balaban J connectivity index is 0.00000243. The number of aryl methyl sites for hydroxylation is 1. The van der Waals surface area contributed by atoms with E-state index in [9.17, 15) is 9.59 Å². The van der Waals surface area contributed by atoms with E-state index in [2.05, 4.69) is 10.6 Å². The van der Waals surface area contributed by atoms with E-state index in [4.69, 9.17) is 5.73 Å². The van der Waals surface area contributed by atoms with Crippen molar-refractivity contribution in [2.45, 2.75) is 32.2 Å². The SMILES string of the molecule is Cc1cccc(C(CC(=O)N2CC[C@@H]3CNC[C@@H]3CC2)NC(N)=O)c1.Cl. The summed E-state index contributed by atoms with van der Waals surface area (Å²) in [6, 6.07) is 6.87. The predicted octanol–water partition coefficient (Wildman–Crippen LogP) is 1.97. The molecule has 3 amide bonds. The van der Waals surface area contributed by atoms with E-state index in [-0.39, 0.29) is 30.8 Å². The van der Waals surface area contributed by atoms with E-state index in [0.29, 0.717) is 11.8 Å². The molecule has 0 aliphatic carbocycles. The molecule has 0 spiro atoms. The van der Waals surface area contributed by atoms with Crippen molar-refractivity contribution < 1.29 is 9.59 Å². The van der Waals surface area contributed by atoms with E-state index in [1.54, 1.807) is 0 Å². The largest absolute Gasteiger partial charge is 0.352 e. The molecular weight excluding hydrogens is 352 g/mol. The highest BCUT2D eigenvalue weighted by atomic mass is 35.5. The molecule has 144 valence electrons. The quantitative estimate of drug-likeness (QED) is 0.746. The number of hydrogen-bond donors (Lipinski definition) is 3. The number of likely N-dealkylation sites (tertiary alicyclic amines) is 1. The van der Waals surface area contributed by atoms with Crippen LogP contribution in [0.1, 0.15) is 36.4 Å². The number of fused-ring (bicyclic) bond motifs is 1. The average molecular weight is 381 g/mol. The van der Waals surface area contributed by atoms with Crippen LogP contribution < -0.4 is 16.4 Å². The summed E-state index contributed by atoms with van der Waals surface area (Å²) in [5, 5.41) is 6.18. The van der Waals surface area contributed by atoms with Crippen LogP contribution >= 0.6 is 12.4 Å². The second kappa shape index (κ2) is 9.24. The van der Waals surface area contributed by atoms with Crippen LogP contribution in [0.2, 0.25) is 0 Å². The molecule has 1 aromatic carbocycles. The van der Waals surface area contributed by atoms with Gasteiger partial charge in [-0.05, 0) is 50.3 Å². The molecule has 4 N–H and O–H groups in total. The summed E-state index contributed by atoms with van der Waals surface area (Å²) < 4.78 is 0. The Morgan fingerprint density at radius 3 is 2.50 bits per heavy atom. The minimum absolute atomic E-state index is 0. The highest BCUT2D eigenvalue weighted by Gasteiger charge is 2.32. The number of halogens is 1. The van der Waals surface area contributed by atoms with Gasteiger partial charge < -0.3 is 21.3 Å². The number of urea groups is 1. The molecule has 0 bridgehead atoms. The third-order valence-corrected chi connectivity index (χ3v) is 5.51. The standard InChI is InChI=1S/C19H28N4O2.ClH/c1-13-3-2-4-14(9-13)17(22-19(20)25)10-18(24)23-7-5-15-11-21-12-16(15)6-8-23;/h2-4,9,15-17,21H,5-8,10-12H2,1H3,(H3,20,22,25);1H/t15-,16+,17?;. The fourth-order valence-electron chi connectivity index (χ4n) is 4.08. The maximum Gasteiger partial charge on any atom is 0.312 e. The summed E-state index contributed by atoms with van der Waals surface area (Å²) in [7, 11) is 0. The third-order valence-electron chi connectivity index (χ3n) is 5.51. The number of carbonyl (C=O) groups excluding carboxylic acids is 2. The van der Waals surface area contributed by atoms with E-state index >= 15 is 0 Å². The molecule has 26 heavy (non-hydrogen) atoms. The zero-order valence-electron chi connectivity index (χ0n) is 15.2. The van der Waals surface area contributed by atoms with E-state index < -0.39 is 6.03 Å². The highest BCUT2D eigenvalue weighted by Crippen LogP contribution is 2.28. The fraction of sp³-hybridized carbons (Fsp3) is 0.579. The van der Waals surface area contributed by atoms with Crippen molar-refractivity contribution in [1.29, 1.82) is 0 Å². The maximum absolute atomic E-state index is 12.8. The molecule has 1 aromatic rings. The van der Waals surface area contributed by atoms with Gasteiger partial charge in [0.05, 0.1) is 12.5 Å². The van der Waals surface area contributed by atoms with Crippen molar-refractivity contribution in [1.82, 2.24) is 15.5 Å². The van der Waals surface area contributed by atoms with Gasteiger partial charge in [0.2, 0.25) is 5.91 Å². The lowest BCUT2D eigenvalue weighted by atomic mass is 9.92. The van der Waals surface area contributed by atoms with Gasteiger partial charge in [0.15, 0.2) is 0 Å². The zero-order chi connectivity index (χ0) is 17.8. The number of hydrogen-bond acceptors (Lipinski definition) is 3. The lowest BCUT2D eigenvalue weighted by molar-refractivity contribution is -0.131. The van der Waals surface area contributed by atoms with Gasteiger partial charge in [0.25, 0.3) is 0 Å². The van der Waals surface area contributed by atoms with Gasteiger partial charge >= 0.3 is 6.03 Å². The molecule has 0 aromatic heterocycles. The summed E-state index contributed by atoms with van der Waals surface area (Å²) in [6.45, 7) is 5.75. The van der Waals surface area contributed by atoms with Gasteiger partial charge in [-0.3, -0.25) is 4.79 Å². The van der Waals surface area contributed by atoms with Crippen molar-refractivity contribution in [2.24, 2.45) is 17.6 Å². The molecule has 1 unspecified atom stereocenters. The molecule has 2 saturated heterocycles. The first-order chi connectivity index (χ1) is 12.0.